The van der Waals surface area contributed by atoms with E-state index in [4.69, 9.17) is 9.47 Å². The Bertz CT molecular complexity index is 582. The molecule has 4 heteroatoms. The quantitative estimate of drug-likeness (QED) is 0.909. The summed E-state index contributed by atoms with van der Waals surface area (Å²) >= 11 is 0. The average molecular weight is 271 g/mol. The normalized spacial score (nSPS) is 9.90. The van der Waals surface area contributed by atoms with Crippen LogP contribution in [0.25, 0.3) is 0 Å². The lowest BCUT2D eigenvalue weighted by Crippen LogP contribution is -2.14. The number of hydrogen-bond acceptors (Lipinski definition) is 3. The van der Waals surface area contributed by atoms with Crippen LogP contribution < -0.4 is 14.8 Å². The Morgan fingerprint density at radius 2 is 1.70 bits per heavy atom. The SMILES string of the molecule is COc1ccc(NC(=O)Cc2ccccc2)cc1OC. The second kappa shape index (κ2) is 6.61. The van der Waals surface area contributed by atoms with Gasteiger partial charge >= 0.3 is 0 Å². The van der Waals surface area contributed by atoms with E-state index in [0.29, 0.717) is 23.6 Å². The predicted octanol–water partition coefficient (Wildman–Crippen LogP) is 2.89. The largest absolute Gasteiger partial charge is 0.493 e. The molecule has 0 aliphatic rings. The molecule has 0 bridgehead atoms. The molecule has 104 valence electrons. The number of amides is 1. The average Bonchev–Trinajstić information content (AvgIpc) is 2.48. The van der Waals surface area contributed by atoms with E-state index in [2.05, 4.69) is 5.32 Å². The van der Waals surface area contributed by atoms with Crippen LogP contribution in [0, 0.1) is 0 Å². The summed E-state index contributed by atoms with van der Waals surface area (Å²) in [6.07, 6.45) is 0.342. The lowest BCUT2D eigenvalue weighted by Gasteiger charge is -2.10. The molecule has 0 heterocycles. The summed E-state index contributed by atoms with van der Waals surface area (Å²) < 4.78 is 10.4. The maximum absolute atomic E-state index is 12.0. The van der Waals surface area contributed by atoms with Crippen molar-refractivity contribution in [1.82, 2.24) is 0 Å². The number of rotatable bonds is 5. The summed E-state index contributed by atoms with van der Waals surface area (Å²) in [5, 5.41) is 2.84. The van der Waals surface area contributed by atoms with Crippen molar-refractivity contribution in [2.45, 2.75) is 6.42 Å². The topological polar surface area (TPSA) is 47.6 Å². The van der Waals surface area contributed by atoms with E-state index in [1.54, 1.807) is 32.4 Å². The number of nitrogens with one attached hydrogen (secondary N) is 1. The van der Waals surface area contributed by atoms with Crippen LogP contribution in [0.4, 0.5) is 5.69 Å². The number of carbonyl (C=O) groups is 1. The molecule has 2 aromatic rings. The molecule has 4 nitrogen and oxygen atoms in total. The molecule has 0 spiro atoms. The van der Waals surface area contributed by atoms with Crippen LogP contribution in [0.5, 0.6) is 11.5 Å². The Morgan fingerprint density at radius 1 is 1.00 bits per heavy atom. The molecule has 2 aromatic carbocycles. The van der Waals surface area contributed by atoms with E-state index < -0.39 is 0 Å². The second-order valence-electron chi connectivity index (χ2n) is 4.28. The molecule has 0 saturated heterocycles. The van der Waals surface area contributed by atoms with Crippen molar-refractivity contribution >= 4 is 11.6 Å². The number of ether oxygens (including phenoxy) is 2. The van der Waals surface area contributed by atoms with Crippen molar-refractivity contribution in [2.24, 2.45) is 0 Å². The van der Waals surface area contributed by atoms with Gasteiger partial charge in [-0.05, 0) is 17.7 Å². The fraction of sp³-hybridized carbons (Fsp3) is 0.188. The fourth-order valence-corrected chi connectivity index (χ4v) is 1.90. The third kappa shape index (κ3) is 3.51. The second-order valence-corrected chi connectivity index (χ2v) is 4.28. The summed E-state index contributed by atoms with van der Waals surface area (Å²) in [6, 6.07) is 14.9. The minimum Gasteiger partial charge on any atom is -0.493 e. The molecule has 0 fully saturated rings. The first-order chi connectivity index (χ1) is 9.72. The molecule has 20 heavy (non-hydrogen) atoms. The van der Waals surface area contributed by atoms with E-state index in [-0.39, 0.29) is 5.91 Å². The Balaban J connectivity index is 2.04. The molecule has 0 saturated carbocycles. The van der Waals surface area contributed by atoms with Gasteiger partial charge in [0, 0.05) is 11.8 Å². The monoisotopic (exact) mass is 271 g/mol. The number of hydrogen-bond donors (Lipinski definition) is 1. The van der Waals surface area contributed by atoms with Gasteiger partial charge in [0.25, 0.3) is 0 Å². The zero-order valence-corrected chi connectivity index (χ0v) is 11.6. The molecule has 0 aromatic heterocycles. The Hall–Kier alpha value is -2.49. The standard InChI is InChI=1S/C16H17NO3/c1-19-14-9-8-13(11-15(14)20-2)17-16(18)10-12-6-4-3-5-7-12/h3-9,11H,10H2,1-2H3,(H,17,18). The number of carbonyl (C=O) groups excluding carboxylic acids is 1. The van der Waals surface area contributed by atoms with Crippen molar-refractivity contribution in [1.29, 1.82) is 0 Å². The number of anilines is 1. The van der Waals surface area contributed by atoms with Gasteiger partial charge in [0.15, 0.2) is 11.5 Å². The zero-order chi connectivity index (χ0) is 14.4. The maximum Gasteiger partial charge on any atom is 0.228 e. The van der Waals surface area contributed by atoms with Crippen molar-refractivity contribution in [3.63, 3.8) is 0 Å². The molecule has 0 atom stereocenters. The summed E-state index contributed by atoms with van der Waals surface area (Å²) in [7, 11) is 3.14. The molecule has 0 aliphatic heterocycles. The summed E-state index contributed by atoms with van der Waals surface area (Å²) in [4.78, 5) is 12.0. The van der Waals surface area contributed by atoms with Crippen LogP contribution in [0.1, 0.15) is 5.56 Å². The molecule has 1 N–H and O–H groups in total. The van der Waals surface area contributed by atoms with Crippen LogP contribution in [-0.4, -0.2) is 20.1 Å². The van der Waals surface area contributed by atoms with Gasteiger partial charge in [-0.25, -0.2) is 0 Å². The van der Waals surface area contributed by atoms with Crippen LogP contribution >= 0.6 is 0 Å². The molecular weight excluding hydrogens is 254 g/mol. The first-order valence-corrected chi connectivity index (χ1v) is 6.28. The third-order valence-corrected chi connectivity index (χ3v) is 2.87. The van der Waals surface area contributed by atoms with Gasteiger partial charge in [-0.15, -0.1) is 0 Å². The molecule has 1 amide bonds. The molecule has 0 unspecified atom stereocenters. The maximum atomic E-state index is 12.0. The molecular formula is C16H17NO3. The Kier molecular flexibility index (Phi) is 4.60. The van der Waals surface area contributed by atoms with E-state index in [1.165, 1.54) is 0 Å². The predicted molar refractivity (Wildman–Crippen MR) is 78.3 cm³/mol. The molecule has 0 aliphatic carbocycles. The first-order valence-electron chi connectivity index (χ1n) is 6.28. The van der Waals surface area contributed by atoms with Crippen LogP contribution in [-0.2, 0) is 11.2 Å². The number of methoxy groups -OCH3 is 2. The van der Waals surface area contributed by atoms with Crippen molar-refractivity contribution < 1.29 is 14.3 Å². The Morgan fingerprint density at radius 3 is 2.35 bits per heavy atom. The van der Waals surface area contributed by atoms with Crippen molar-refractivity contribution in [3.8, 4) is 11.5 Å². The lowest BCUT2D eigenvalue weighted by molar-refractivity contribution is -0.115. The van der Waals surface area contributed by atoms with Gasteiger partial charge in [0.1, 0.15) is 0 Å². The summed E-state index contributed by atoms with van der Waals surface area (Å²) in [5.74, 6) is 1.15. The van der Waals surface area contributed by atoms with Crippen LogP contribution in [0.3, 0.4) is 0 Å². The van der Waals surface area contributed by atoms with Gasteiger partial charge in [-0.3, -0.25) is 4.79 Å². The minimum atomic E-state index is -0.0663. The summed E-state index contributed by atoms with van der Waals surface area (Å²) in [6.45, 7) is 0. The number of benzene rings is 2. The van der Waals surface area contributed by atoms with E-state index in [9.17, 15) is 4.79 Å². The lowest BCUT2D eigenvalue weighted by atomic mass is 10.1. The fourth-order valence-electron chi connectivity index (χ4n) is 1.90. The third-order valence-electron chi connectivity index (χ3n) is 2.87. The summed E-state index contributed by atoms with van der Waals surface area (Å²) in [5.41, 5.74) is 1.66. The highest BCUT2D eigenvalue weighted by Crippen LogP contribution is 2.29. The Labute approximate surface area is 118 Å². The van der Waals surface area contributed by atoms with Gasteiger partial charge in [0.05, 0.1) is 20.6 Å². The molecule has 2 rings (SSSR count). The van der Waals surface area contributed by atoms with Crippen LogP contribution in [0.15, 0.2) is 48.5 Å². The molecule has 0 radical (unpaired) electrons. The van der Waals surface area contributed by atoms with E-state index in [1.807, 2.05) is 30.3 Å². The van der Waals surface area contributed by atoms with Crippen LogP contribution in [0.2, 0.25) is 0 Å². The highest BCUT2D eigenvalue weighted by atomic mass is 16.5. The first kappa shape index (κ1) is 13.9. The smallest absolute Gasteiger partial charge is 0.228 e. The van der Waals surface area contributed by atoms with Crippen molar-refractivity contribution in [3.05, 3.63) is 54.1 Å². The highest BCUT2D eigenvalue weighted by molar-refractivity contribution is 5.92. The van der Waals surface area contributed by atoms with E-state index >= 15 is 0 Å². The minimum absolute atomic E-state index is 0.0663. The van der Waals surface area contributed by atoms with Gasteiger partial charge in [-0.2, -0.15) is 0 Å². The highest BCUT2D eigenvalue weighted by Gasteiger charge is 2.07. The van der Waals surface area contributed by atoms with Gasteiger partial charge in [0.2, 0.25) is 5.91 Å². The van der Waals surface area contributed by atoms with Gasteiger partial charge < -0.3 is 14.8 Å². The zero-order valence-electron chi connectivity index (χ0n) is 11.6. The van der Waals surface area contributed by atoms with Gasteiger partial charge in [-0.1, -0.05) is 30.3 Å². The van der Waals surface area contributed by atoms with Crippen molar-refractivity contribution in [2.75, 3.05) is 19.5 Å². The van der Waals surface area contributed by atoms with E-state index in [0.717, 1.165) is 5.56 Å².